The number of halogens is 1. The Hall–Kier alpha value is -0.980. The molecule has 0 aliphatic carbocycles. The fourth-order valence-electron chi connectivity index (χ4n) is 1.70. The zero-order valence-corrected chi connectivity index (χ0v) is 11.7. The van der Waals surface area contributed by atoms with Crippen molar-refractivity contribution >= 4 is 15.9 Å². The summed E-state index contributed by atoms with van der Waals surface area (Å²) >= 11 is 3.49. The molecule has 1 aromatic rings. The minimum Gasteiger partial charge on any atom is -0.493 e. The predicted octanol–water partition coefficient (Wildman–Crippen LogP) is 3.05. The van der Waals surface area contributed by atoms with E-state index in [2.05, 4.69) is 34.0 Å². The summed E-state index contributed by atoms with van der Waals surface area (Å²) in [6.07, 6.45) is 7.67. The summed E-state index contributed by atoms with van der Waals surface area (Å²) in [5.41, 5.74) is 7.89. The highest BCUT2D eigenvalue weighted by atomic mass is 79.9. The van der Waals surface area contributed by atoms with E-state index in [-0.39, 0.29) is 0 Å². The summed E-state index contributed by atoms with van der Waals surface area (Å²) in [6, 6.07) is 4.12. The molecule has 1 aromatic carbocycles. The average Bonchev–Trinajstić information content (AvgIpc) is 2.27. The van der Waals surface area contributed by atoms with Gasteiger partial charge < -0.3 is 10.5 Å². The standard InChI is InChI=1S/C14H18BrNO/c1-3-4-5-8-17-14-11(2)9-13(15)10-12(14)6-7-16/h1,9-10H,4-8,16H2,2H3. The Kier molecular flexibility index (Phi) is 6.10. The quantitative estimate of drug-likeness (QED) is 0.647. The van der Waals surface area contributed by atoms with Gasteiger partial charge in [0.1, 0.15) is 5.75 Å². The molecule has 0 saturated heterocycles. The SMILES string of the molecule is C#CCCCOc1c(C)cc(Br)cc1CCN. The van der Waals surface area contributed by atoms with E-state index in [1.54, 1.807) is 0 Å². The lowest BCUT2D eigenvalue weighted by molar-refractivity contribution is 0.307. The van der Waals surface area contributed by atoms with E-state index in [1.165, 1.54) is 0 Å². The Balaban J connectivity index is 2.77. The minimum atomic E-state index is 0.622. The highest BCUT2D eigenvalue weighted by molar-refractivity contribution is 9.10. The number of benzene rings is 1. The fourth-order valence-corrected chi connectivity index (χ4v) is 2.32. The van der Waals surface area contributed by atoms with E-state index < -0.39 is 0 Å². The minimum absolute atomic E-state index is 0.622. The lowest BCUT2D eigenvalue weighted by atomic mass is 10.1. The largest absolute Gasteiger partial charge is 0.493 e. The Morgan fingerprint density at radius 3 is 2.88 bits per heavy atom. The Morgan fingerprint density at radius 1 is 1.47 bits per heavy atom. The molecule has 0 radical (unpaired) electrons. The second kappa shape index (κ2) is 7.37. The fraction of sp³-hybridized carbons (Fsp3) is 0.429. The molecule has 3 heteroatoms. The van der Waals surface area contributed by atoms with Gasteiger partial charge in [-0.2, -0.15) is 0 Å². The van der Waals surface area contributed by atoms with Gasteiger partial charge in [-0.05, 0) is 49.6 Å². The van der Waals surface area contributed by atoms with Gasteiger partial charge in [-0.25, -0.2) is 0 Å². The van der Waals surface area contributed by atoms with Crippen LogP contribution in [-0.4, -0.2) is 13.2 Å². The molecule has 0 unspecified atom stereocenters. The summed E-state index contributed by atoms with van der Waals surface area (Å²) in [4.78, 5) is 0. The molecule has 17 heavy (non-hydrogen) atoms. The van der Waals surface area contributed by atoms with Gasteiger partial charge in [-0.1, -0.05) is 15.9 Å². The van der Waals surface area contributed by atoms with Gasteiger partial charge in [0, 0.05) is 10.9 Å². The molecule has 0 amide bonds. The molecular weight excluding hydrogens is 278 g/mol. The van der Waals surface area contributed by atoms with E-state index in [4.69, 9.17) is 16.9 Å². The predicted molar refractivity (Wildman–Crippen MR) is 75.2 cm³/mol. The smallest absolute Gasteiger partial charge is 0.125 e. The van der Waals surface area contributed by atoms with E-state index in [9.17, 15) is 0 Å². The molecule has 0 saturated carbocycles. The van der Waals surface area contributed by atoms with Crippen LogP contribution in [0.25, 0.3) is 0 Å². The summed E-state index contributed by atoms with van der Waals surface area (Å²) < 4.78 is 6.87. The number of hydrogen-bond acceptors (Lipinski definition) is 2. The van der Waals surface area contributed by atoms with Crippen LogP contribution in [0, 0.1) is 19.3 Å². The number of aryl methyl sites for hydroxylation is 1. The average molecular weight is 296 g/mol. The summed E-state index contributed by atoms with van der Waals surface area (Å²) in [5, 5.41) is 0. The van der Waals surface area contributed by atoms with Crippen LogP contribution in [0.5, 0.6) is 5.75 Å². The highest BCUT2D eigenvalue weighted by Crippen LogP contribution is 2.28. The van der Waals surface area contributed by atoms with Gasteiger partial charge in [0.25, 0.3) is 0 Å². The molecule has 0 fully saturated rings. The lowest BCUT2D eigenvalue weighted by Gasteiger charge is -2.14. The van der Waals surface area contributed by atoms with Crippen LogP contribution < -0.4 is 10.5 Å². The highest BCUT2D eigenvalue weighted by Gasteiger charge is 2.08. The first-order chi connectivity index (χ1) is 8.19. The Labute approximate surface area is 112 Å². The number of ether oxygens (including phenoxy) is 1. The van der Waals surface area contributed by atoms with Gasteiger partial charge in [-0.3, -0.25) is 0 Å². The van der Waals surface area contributed by atoms with Crippen molar-refractivity contribution in [2.45, 2.75) is 26.2 Å². The Morgan fingerprint density at radius 2 is 2.24 bits per heavy atom. The number of rotatable bonds is 6. The van der Waals surface area contributed by atoms with Gasteiger partial charge in [0.15, 0.2) is 0 Å². The van der Waals surface area contributed by atoms with E-state index in [0.717, 1.165) is 40.6 Å². The maximum Gasteiger partial charge on any atom is 0.125 e. The molecule has 0 aliphatic rings. The van der Waals surface area contributed by atoms with Crippen molar-refractivity contribution in [3.63, 3.8) is 0 Å². The molecule has 0 spiro atoms. The molecule has 0 atom stereocenters. The number of hydrogen-bond donors (Lipinski definition) is 1. The van der Waals surface area contributed by atoms with Gasteiger partial charge in [0.2, 0.25) is 0 Å². The summed E-state index contributed by atoms with van der Waals surface area (Å²) in [7, 11) is 0. The maximum absolute atomic E-state index is 5.81. The van der Waals surface area contributed by atoms with Crippen LogP contribution in [0.3, 0.4) is 0 Å². The van der Waals surface area contributed by atoms with Crippen LogP contribution in [0.4, 0.5) is 0 Å². The molecule has 2 nitrogen and oxygen atoms in total. The van der Waals surface area contributed by atoms with Crippen molar-refractivity contribution < 1.29 is 4.74 Å². The van der Waals surface area contributed by atoms with Gasteiger partial charge in [0.05, 0.1) is 6.61 Å². The van der Waals surface area contributed by atoms with Crippen LogP contribution in [0.1, 0.15) is 24.0 Å². The molecule has 2 N–H and O–H groups in total. The van der Waals surface area contributed by atoms with Crippen LogP contribution in [-0.2, 0) is 6.42 Å². The third-order valence-corrected chi connectivity index (χ3v) is 2.90. The third kappa shape index (κ3) is 4.41. The van der Waals surface area contributed by atoms with Crippen molar-refractivity contribution in [1.29, 1.82) is 0 Å². The summed E-state index contributed by atoms with van der Waals surface area (Å²) in [5.74, 6) is 3.56. The second-order valence-corrected chi connectivity index (χ2v) is 4.82. The first-order valence-corrected chi connectivity index (χ1v) is 6.53. The number of terminal acetylenes is 1. The van der Waals surface area contributed by atoms with Gasteiger partial charge in [-0.15, -0.1) is 12.3 Å². The molecule has 0 aromatic heterocycles. The molecule has 1 rings (SSSR count). The number of unbranched alkanes of at least 4 members (excludes halogenated alkanes) is 1. The Bertz CT molecular complexity index is 409. The van der Waals surface area contributed by atoms with Crippen molar-refractivity contribution in [3.05, 3.63) is 27.7 Å². The first kappa shape index (κ1) is 14.1. The first-order valence-electron chi connectivity index (χ1n) is 5.74. The van der Waals surface area contributed by atoms with E-state index >= 15 is 0 Å². The van der Waals surface area contributed by atoms with Crippen LogP contribution >= 0.6 is 15.9 Å². The van der Waals surface area contributed by atoms with Crippen molar-refractivity contribution in [2.75, 3.05) is 13.2 Å². The maximum atomic E-state index is 5.81. The van der Waals surface area contributed by atoms with Gasteiger partial charge >= 0.3 is 0 Å². The molecular formula is C14H18BrNO. The van der Waals surface area contributed by atoms with Crippen molar-refractivity contribution in [3.8, 4) is 18.1 Å². The zero-order chi connectivity index (χ0) is 12.7. The monoisotopic (exact) mass is 295 g/mol. The lowest BCUT2D eigenvalue weighted by Crippen LogP contribution is -2.07. The molecule has 0 heterocycles. The zero-order valence-electron chi connectivity index (χ0n) is 10.1. The third-order valence-electron chi connectivity index (χ3n) is 2.44. The molecule has 0 bridgehead atoms. The van der Waals surface area contributed by atoms with Crippen LogP contribution in [0.15, 0.2) is 16.6 Å². The normalized spacial score (nSPS) is 10.0. The van der Waals surface area contributed by atoms with Crippen LogP contribution in [0.2, 0.25) is 0 Å². The second-order valence-electron chi connectivity index (χ2n) is 3.91. The molecule has 92 valence electrons. The van der Waals surface area contributed by atoms with Crippen molar-refractivity contribution in [2.24, 2.45) is 5.73 Å². The van der Waals surface area contributed by atoms with Crippen molar-refractivity contribution in [1.82, 2.24) is 0 Å². The van der Waals surface area contributed by atoms with E-state index in [0.29, 0.717) is 13.2 Å². The number of nitrogens with two attached hydrogens (primary N) is 1. The summed E-state index contributed by atoms with van der Waals surface area (Å²) in [6.45, 7) is 3.32. The van der Waals surface area contributed by atoms with E-state index in [1.807, 2.05) is 6.92 Å². The molecule has 0 aliphatic heterocycles. The topological polar surface area (TPSA) is 35.2 Å².